The van der Waals surface area contributed by atoms with Gasteiger partial charge in [-0.25, -0.2) is 17.8 Å². The van der Waals surface area contributed by atoms with Crippen molar-refractivity contribution in [1.29, 1.82) is 0 Å². The Labute approximate surface area is 196 Å². The zero-order valence-electron chi connectivity index (χ0n) is 18.6. The first kappa shape index (κ1) is 24.5. The summed E-state index contributed by atoms with van der Waals surface area (Å²) in [6.07, 6.45) is -5.59. The zero-order valence-corrected chi connectivity index (χ0v) is 19.4. The lowest BCUT2D eigenvalue weighted by molar-refractivity contribution is -0.254. The molecule has 0 unspecified atom stereocenters. The van der Waals surface area contributed by atoms with Crippen molar-refractivity contribution in [3.63, 3.8) is 0 Å². The molecule has 0 aliphatic carbocycles. The fraction of sp³-hybridized carbons (Fsp3) is 0.429. The second kappa shape index (κ2) is 9.54. The molecule has 184 valence electrons. The average molecular weight is 494 g/mol. The fourth-order valence-electron chi connectivity index (χ4n) is 3.95. The number of aliphatic hydroxyl groups is 4. The molecule has 0 spiro atoms. The third-order valence-corrected chi connectivity index (χ3v) is 7.22. The number of benzene rings is 2. The van der Waals surface area contributed by atoms with Crippen molar-refractivity contribution in [2.24, 2.45) is 0 Å². The quantitative estimate of drug-likeness (QED) is 0.274. The predicted molar refractivity (Wildman–Crippen MR) is 121 cm³/mol. The first-order chi connectivity index (χ1) is 16.1. The van der Waals surface area contributed by atoms with Gasteiger partial charge in [0.2, 0.25) is 10.0 Å². The third kappa shape index (κ3) is 4.51. The highest BCUT2D eigenvalue weighted by molar-refractivity contribution is 7.89. The van der Waals surface area contributed by atoms with E-state index in [2.05, 4.69) is 15.0 Å². The van der Waals surface area contributed by atoms with Crippen LogP contribution < -0.4 is 9.62 Å². The van der Waals surface area contributed by atoms with Crippen molar-refractivity contribution in [2.45, 2.75) is 42.1 Å². The first-order valence-corrected chi connectivity index (χ1v) is 12.0. The van der Waals surface area contributed by atoms with E-state index in [0.717, 1.165) is 15.8 Å². The van der Waals surface area contributed by atoms with E-state index in [4.69, 9.17) is 4.74 Å². The number of hydrogen-bond acceptors (Lipinski definition) is 10. The topological polar surface area (TPSA) is 170 Å². The Balaban J connectivity index is 1.53. The van der Waals surface area contributed by atoms with Crippen molar-refractivity contribution in [3.8, 4) is 0 Å². The molecule has 0 saturated carbocycles. The minimum Gasteiger partial charge on any atom is -0.394 e. The molecule has 5 N–H and O–H groups in total. The van der Waals surface area contributed by atoms with Crippen LogP contribution in [-0.4, -0.2) is 89.0 Å². The van der Waals surface area contributed by atoms with Crippen LogP contribution >= 0.6 is 0 Å². The van der Waals surface area contributed by atoms with Gasteiger partial charge in [0.25, 0.3) is 0 Å². The molecule has 5 atom stereocenters. The molecule has 2 aromatic carbocycles. The van der Waals surface area contributed by atoms with Gasteiger partial charge in [-0.15, -0.1) is 5.10 Å². The number of anilines is 1. The van der Waals surface area contributed by atoms with Gasteiger partial charge in [0.15, 0.2) is 6.23 Å². The fourth-order valence-corrected chi connectivity index (χ4v) is 5.17. The highest BCUT2D eigenvalue weighted by Crippen LogP contribution is 2.30. The van der Waals surface area contributed by atoms with Gasteiger partial charge in [-0.1, -0.05) is 29.5 Å². The highest BCUT2D eigenvalue weighted by Gasteiger charge is 2.44. The molecule has 1 aliphatic rings. The molecule has 1 aromatic heterocycles. The number of fused-ring (bicyclic) bond motifs is 1. The van der Waals surface area contributed by atoms with E-state index in [-0.39, 0.29) is 17.1 Å². The lowest BCUT2D eigenvalue weighted by Crippen LogP contribution is -2.56. The maximum Gasteiger partial charge on any atom is 0.241 e. The molecule has 1 saturated heterocycles. The summed E-state index contributed by atoms with van der Waals surface area (Å²) in [6.45, 7) is -0.771. The SMILES string of the molecule is CN(C)c1cccc2c(S(=O)(=O)NCc3cn([C@@H]4O[C@H](CO)[C@@H](O)[C@H](O)[C@H]4O)nn3)cccc12. The van der Waals surface area contributed by atoms with Crippen LogP contribution in [0.4, 0.5) is 5.69 Å². The van der Waals surface area contributed by atoms with E-state index in [0.29, 0.717) is 5.39 Å². The normalized spacial score (nSPS) is 25.5. The zero-order chi connectivity index (χ0) is 24.6. The highest BCUT2D eigenvalue weighted by atomic mass is 32.2. The van der Waals surface area contributed by atoms with E-state index in [1.807, 2.05) is 31.1 Å². The summed E-state index contributed by atoms with van der Waals surface area (Å²) in [6, 6.07) is 10.5. The van der Waals surface area contributed by atoms with Gasteiger partial charge in [-0.3, -0.25) is 0 Å². The number of sulfonamides is 1. The molecule has 13 heteroatoms. The maximum atomic E-state index is 13.1. The van der Waals surface area contributed by atoms with E-state index < -0.39 is 47.3 Å². The van der Waals surface area contributed by atoms with Crippen LogP contribution in [0.5, 0.6) is 0 Å². The molecule has 0 radical (unpaired) electrons. The van der Waals surface area contributed by atoms with Crippen molar-refractivity contribution >= 4 is 26.5 Å². The van der Waals surface area contributed by atoms with Gasteiger partial charge < -0.3 is 30.1 Å². The van der Waals surface area contributed by atoms with Gasteiger partial charge in [0.05, 0.1) is 29.9 Å². The molecule has 3 aromatic rings. The monoisotopic (exact) mass is 493 g/mol. The summed E-state index contributed by atoms with van der Waals surface area (Å²) in [5.41, 5.74) is 1.12. The van der Waals surface area contributed by atoms with Crippen LogP contribution in [0.2, 0.25) is 0 Å². The Morgan fingerprint density at radius 1 is 1.06 bits per heavy atom. The predicted octanol–water partition coefficient (Wildman–Crippen LogP) is -1.05. The third-order valence-electron chi connectivity index (χ3n) is 5.76. The number of aromatic nitrogens is 3. The molecule has 34 heavy (non-hydrogen) atoms. The van der Waals surface area contributed by atoms with Crippen molar-refractivity contribution in [2.75, 3.05) is 25.6 Å². The van der Waals surface area contributed by atoms with Crippen LogP contribution in [-0.2, 0) is 21.3 Å². The van der Waals surface area contributed by atoms with Gasteiger partial charge in [0, 0.05) is 30.6 Å². The number of rotatable bonds is 7. The minimum absolute atomic E-state index is 0.120. The largest absolute Gasteiger partial charge is 0.394 e. The molecule has 12 nitrogen and oxygen atoms in total. The Morgan fingerprint density at radius 3 is 2.47 bits per heavy atom. The second-order valence-electron chi connectivity index (χ2n) is 8.26. The van der Waals surface area contributed by atoms with Gasteiger partial charge >= 0.3 is 0 Å². The first-order valence-electron chi connectivity index (χ1n) is 10.5. The van der Waals surface area contributed by atoms with Crippen molar-refractivity contribution in [3.05, 3.63) is 48.3 Å². The van der Waals surface area contributed by atoms with Crippen LogP contribution in [0.1, 0.15) is 11.9 Å². The van der Waals surface area contributed by atoms with E-state index in [1.165, 1.54) is 12.3 Å². The lowest BCUT2D eigenvalue weighted by atomic mass is 9.98. The molecule has 0 amide bonds. The standard InChI is InChI=1S/C21H27N5O7S/c1-25(2)15-7-3-6-14-13(15)5-4-8-17(14)34(31,32)22-9-12-10-26(24-23-12)21-20(30)19(29)18(28)16(11-27)33-21/h3-8,10,16,18-22,27-30H,9,11H2,1-2H3/t16-,18-,19+,20-,21-/m1/s1. The molecule has 2 heterocycles. The summed E-state index contributed by atoms with van der Waals surface area (Å²) in [5.74, 6) is 0. The van der Waals surface area contributed by atoms with Crippen molar-refractivity contribution in [1.82, 2.24) is 19.7 Å². The molecule has 1 fully saturated rings. The van der Waals surface area contributed by atoms with E-state index in [9.17, 15) is 28.8 Å². The number of nitrogens with one attached hydrogen (secondary N) is 1. The van der Waals surface area contributed by atoms with Gasteiger partial charge in [-0.05, 0) is 12.1 Å². The number of ether oxygens (including phenoxy) is 1. The molecule has 1 aliphatic heterocycles. The summed E-state index contributed by atoms with van der Waals surface area (Å²) >= 11 is 0. The Bertz CT molecular complexity index is 1260. The van der Waals surface area contributed by atoms with Gasteiger partial charge in [0.1, 0.15) is 24.4 Å². The van der Waals surface area contributed by atoms with Crippen LogP contribution in [0.3, 0.4) is 0 Å². The number of hydrogen-bond donors (Lipinski definition) is 5. The van der Waals surface area contributed by atoms with Crippen LogP contribution in [0.25, 0.3) is 10.8 Å². The Hall–Kier alpha value is -2.65. The Kier molecular flexibility index (Phi) is 6.87. The average Bonchev–Trinajstić information content (AvgIpc) is 3.29. The molecule has 4 rings (SSSR count). The smallest absolute Gasteiger partial charge is 0.241 e. The maximum absolute atomic E-state index is 13.1. The van der Waals surface area contributed by atoms with E-state index in [1.54, 1.807) is 18.2 Å². The van der Waals surface area contributed by atoms with Gasteiger partial charge in [-0.2, -0.15) is 0 Å². The van der Waals surface area contributed by atoms with Crippen LogP contribution in [0.15, 0.2) is 47.5 Å². The van der Waals surface area contributed by atoms with E-state index >= 15 is 0 Å². The summed E-state index contributed by atoms with van der Waals surface area (Å²) < 4.78 is 35.2. The molecular weight excluding hydrogens is 466 g/mol. The summed E-state index contributed by atoms with van der Waals surface area (Å²) in [5, 5.41) is 48.6. The van der Waals surface area contributed by atoms with Crippen molar-refractivity contribution < 1.29 is 33.6 Å². The lowest BCUT2D eigenvalue weighted by Gasteiger charge is -2.39. The minimum atomic E-state index is -3.91. The summed E-state index contributed by atoms with van der Waals surface area (Å²) in [4.78, 5) is 2.03. The summed E-state index contributed by atoms with van der Waals surface area (Å²) in [7, 11) is -0.151. The Morgan fingerprint density at radius 2 is 1.76 bits per heavy atom. The van der Waals surface area contributed by atoms with Crippen LogP contribution in [0, 0.1) is 0 Å². The molecular formula is C21H27N5O7S. The number of aliphatic hydroxyl groups excluding tert-OH is 4. The molecule has 0 bridgehead atoms. The number of nitrogens with zero attached hydrogens (tertiary/aromatic N) is 4. The second-order valence-corrected chi connectivity index (χ2v) is 9.99.